The van der Waals surface area contributed by atoms with Crippen molar-refractivity contribution in [3.8, 4) is 0 Å². The summed E-state index contributed by atoms with van der Waals surface area (Å²) in [6, 6.07) is 3.96. The van der Waals surface area contributed by atoms with E-state index in [1.54, 1.807) is 4.90 Å². The molecule has 21 heavy (non-hydrogen) atoms. The summed E-state index contributed by atoms with van der Waals surface area (Å²) in [6.07, 6.45) is 2.16. The Kier molecular flexibility index (Phi) is 3.81. The molecule has 2 aliphatic rings. The normalized spacial score (nSPS) is 24.0. The average molecular weight is 376 g/mol. The second-order valence-electron chi connectivity index (χ2n) is 5.62. The van der Waals surface area contributed by atoms with Gasteiger partial charge in [-0.2, -0.15) is 0 Å². The number of benzene rings is 1. The SMILES string of the molecule is O=C(c1cc(Br)ccc1F)N(C1CC1)C1CCS(=O)(=O)C1. The molecule has 4 nitrogen and oxygen atoms in total. The molecule has 1 aliphatic carbocycles. The first-order valence-electron chi connectivity index (χ1n) is 6.85. The quantitative estimate of drug-likeness (QED) is 0.814. The van der Waals surface area contributed by atoms with Gasteiger partial charge in [0.15, 0.2) is 9.84 Å². The molecule has 2 fully saturated rings. The highest BCUT2D eigenvalue weighted by Crippen LogP contribution is 2.34. The highest BCUT2D eigenvalue weighted by atomic mass is 79.9. The number of sulfone groups is 1. The van der Waals surface area contributed by atoms with Crippen LogP contribution < -0.4 is 0 Å². The van der Waals surface area contributed by atoms with Crippen molar-refractivity contribution in [1.82, 2.24) is 4.90 Å². The van der Waals surface area contributed by atoms with Crippen LogP contribution in [0.1, 0.15) is 29.6 Å². The van der Waals surface area contributed by atoms with E-state index in [4.69, 9.17) is 0 Å². The van der Waals surface area contributed by atoms with Crippen molar-refractivity contribution in [2.24, 2.45) is 0 Å². The molecule has 1 saturated carbocycles. The molecule has 1 amide bonds. The molecule has 1 saturated heterocycles. The van der Waals surface area contributed by atoms with Gasteiger partial charge in [0.05, 0.1) is 17.1 Å². The van der Waals surface area contributed by atoms with Crippen molar-refractivity contribution >= 4 is 31.7 Å². The van der Waals surface area contributed by atoms with Gasteiger partial charge >= 0.3 is 0 Å². The molecule has 1 heterocycles. The van der Waals surface area contributed by atoms with E-state index < -0.39 is 21.6 Å². The fourth-order valence-electron chi connectivity index (χ4n) is 2.78. The van der Waals surface area contributed by atoms with E-state index in [0.717, 1.165) is 12.8 Å². The van der Waals surface area contributed by atoms with E-state index in [0.29, 0.717) is 10.9 Å². The predicted molar refractivity (Wildman–Crippen MR) is 80.4 cm³/mol. The zero-order chi connectivity index (χ0) is 15.2. The lowest BCUT2D eigenvalue weighted by Crippen LogP contribution is -2.43. The molecule has 0 bridgehead atoms. The van der Waals surface area contributed by atoms with Gasteiger partial charge < -0.3 is 4.90 Å². The van der Waals surface area contributed by atoms with Crippen LogP contribution in [0, 0.1) is 5.82 Å². The van der Waals surface area contributed by atoms with Crippen molar-refractivity contribution in [2.75, 3.05) is 11.5 Å². The minimum Gasteiger partial charge on any atom is -0.332 e. The molecule has 0 aromatic heterocycles. The summed E-state index contributed by atoms with van der Waals surface area (Å²) >= 11 is 3.23. The van der Waals surface area contributed by atoms with Crippen molar-refractivity contribution in [3.63, 3.8) is 0 Å². The molecule has 1 atom stereocenters. The lowest BCUT2D eigenvalue weighted by atomic mass is 10.1. The van der Waals surface area contributed by atoms with E-state index >= 15 is 0 Å². The van der Waals surface area contributed by atoms with Gasteiger partial charge in [0, 0.05) is 16.6 Å². The number of rotatable bonds is 3. The Labute approximate surface area is 131 Å². The number of carbonyl (C=O) groups excluding carboxylic acids is 1. The number of carbonyl (C=O) groups is 1. The third kappa shape index (κ3) is 3.13. The minimum absolute atomic E-state index is 0.000531. The summed E-state index contributed by atoms with van der Waals surface area (Å²) < 4.78 is 37.8. The maximum atomic E-state index is 13.9. The Morgan fingerprint density at radius 2 is 1.95 bits per heavy atom. The van der Waals surface area contributed by atoms with Crippen LogP contribution in [0.2, 0.25) is 0 Å². The summed E-state index contributed by atoms with van der Waals surface area (Å²) in [7, 11) is -3.08. The molecular formula is C14H15BrFNO3S. The van der Waals surface area contributed by atoms with Crippen LogP contribution in [0.15, 0.2) is 22.7 Å². The average Bonchev–Trinajstić information content (AvgIpc) is 3.17. The Balaban J connectivity index is 1.91. The summed E-state index contributed by atoms with van der Waals surface area (Å²) in [4.78, 5) is 14.3. The zero-order valence-electron chi connectivity index (χ0n) is 11.3. The maximum absolute atomic E-state index is 13.9. The molecule has 0 spiro atoms. The highest BCUT2D eigenvalue weighted by Gasteiger charge is 2.42. The number of hydrogen-bond donors (Lipinski definition) is 0. The van der Waals surface area contributed by atoms with Gasteiger partial charge in [-0.15, -0.1) is 0 Å². The van der Waals surface area contributed by atoms with Gasteiger partial charge in [0.2, 0.25) is 0 Å². The van der Waals surface area contributed by atoms with Gasteiger partial charge in [-0.05, 0) is 37.5 Å². The number of hydrogen-bond acceptors (Lipinski definition) is 3. The summed E-state index contributed by atoms with van der Waals surface area (Å²) in [5, 5.41) is 0. The second kappa shape index (κ2) is 5.35. The molecule has 7 heteroatoms. The topological polar surface area (TPSA) is 54.5 Å². The molecule has 0 radical (unpaired) electrons. The molecular weight excluding hydrogens is 361 g/mol. The van der Waals surface area contributed by atoms with Crippen LogP contribution in [-0.2, 0) is 9.84 Å². The van der Waals surface area contributed by atoms with Crippen LogP contribution >= 0.6 is 15.9 Å². The fourth-order valence-corrected chi connectivity index (χ4v) is 4.85. The standard InChI is InChI=1S/C14H15BrFNO3S/c15-9-1-4-13(16)12(7-9)14(18)17(10-2-3-10)11-5-6-21(19,20)8-11/h1,4,7,10-11H,2-3,5-6,8H2. The first-order valence-corrected chi connectivity index (χ1v) is 9.47. The highest BCUT2D eigenvalue weighted by molar-refractivity contribution is 9.10. The van der Waals surface area contributed by atoms with E-state index in [1.165, 1.54) is 18.2 Å². The predicted octanol–water partition coefficient (Wildman–Crippen LogP) is 2.38. The van der Waals surface area contributed by atoms with Crippen molar-refractivity contribution in [2.45, 2.75) is 31.3 Å². The number of amides is 1. The van der Waals surface area contributed by atoms with Crippen molar-refractivity contribution in [1.29, 1.82) is 0 Å². The second-order valence-corrected chi connectivity index (χ2v) is 8.77. The largest absolute Gasteiger partial charge is 0.332 e. The van der Waals surface area contributed by atoms with Gasteiger partial charge in [-0.3, -0.25) is 4.79 Å². The molecule has 114 valence electrons. The Morgan fingerprint density at radius 1 is 1.24 bits per heavy atom. The smallest absolute Gasteiger partial charge is 0.257 e. The van der Waals surface area contributed by atoms with Gasteiger partial charge in [-0.1, -0.05) is 15.9 Å². The first-order chi connectivity index (χ1) is 9.87. The number of nitrogens with zero attached hydrogens (tertiary/aromatic N) is 1. The third-order valence-electron chi connectivity index (χ3n) is 3.94. The molecule has 1 aromatic rings. The van der Waals surface area contributed by atoms with Crippen molar-refractivity contribution < 1.29 is 17.6 Å². The molecule has 0 N–H and O–H groups in total. The van der Waals surface area contributed by atoms with E-state index in [9.17, 15) is 17.6 Å². The van der Waals surface area contributed by atoms with Crippen LogP contribution in [0.25, 0.3) is 0 Å². The van der Waals surface area contributed by atoms with Gasteiger partial charge in [0.25, 0.3) is 5.91 Å². The van der Waals surface area contributed by atoms with Crippen molar-refractivity contribution in [3.05, 3.63) is 34.1 Å². The molecule has 3 rings (SSSR count). The monoisotopic (exact) mass is 375 g/mol. The fraction of sp³-hybridized carbons (Fsp3) is 0.500. The van der Waals surface area contributed by atoms with E-state index in [-0.39, 0.29) is 29.2 Å². The maximum Gasteiger partial charge on any atom is 0.257 e. The van der Waals surface area contributed by atoms with Gasteiger partial charge in [0.1, 0.15) is 5.82 Å². The Bertz CT molecular complexity index is 687. The van der Waals surface area contributed by atoms with Crippen LogP contribution in [0.5, 0.6) is 0 Å². The van der Waals surface area contributed by atoms with E-state index in [2.05, 4.69) is 15.9 Å². The van der Waals surface area contributed by atoms with Gasteiger partial charge in [-0.25, -0.2) is 12.8 Å². The molecule has 1 unspecified atom stereocenters. The van der Waals surface area contributed by atoms with E-state index in [1.807, 2.05) is 0 Å². The Morgan fingerprint density at radius 3 is 2.52 bits per heavy atom. The lowest BCUT2D eigenvalue weighted by molar-refractivity contribution is 0.0676. The third-order valence-corrected chi connectivity index (χ3v) is 6.18. The van der Waals surface area contributed by atoms with Crippen LogP contribution in [-0.4, -0.2) is 42.8 Å². The summed E-state index contributed by atoms with van der Waals surface area (Å²) in [5.74, 6) is -0.881. The first kappa shape index (κ1) is 15.0. The van der Waals surface area contributed by atoms with Crippen LogP contribution in [0.3, 0.4) is 0 Å². The zero-order valence-corrected chi connectivity index (χ0v) is 13.7. The number of halogens is 2. The summed E-state index contributed by atoms with van der Waals surface area (Å²) in [5.41, 5.74) is 0.000531. The molecule has 1 aliphatic heterocycles. The van der Waals surface area contributed by atoms with Crippen LogP contribution in [0.4, 0.5) is 4.39 Å². The lowest BCUT2D eigenvalue weighted by Gasteiger charge is -2.28. The summed E-state index contributed by atoms with van der Waals surface area (Å²) in [6.45, 7) is 0. The Hall–Kier alpha value is -0.950. The molecule has 1 aromatic carbocycles. The minimum atomic E-state index is -3.08.